The van der Waals surface area contributed by atoms with Crippen molar-refractivity contribution in [2.75, 3.05) is 6.61 Å². The molecule has 0 aromatic carbocycles. The second-order valence-electron chi connectivity index (χ2n) is 3.17. The molecule has 0 saturated heterocycles. The van der Waals surface area contributed by atoms with E-state index in [0.29, 0.717) is 13.2 Å². The number of aromatic amines is 1. The molecule has 76 valence electrons. The molecule has 1 aromatic heterocycles. The summed E-state index contributed by atoms with van der Waals surface area (Å²) in [5.74, 6) is 0.646. The Kier molecular flexibility index (Phi) is 3.66. The van der Waals surface area contributed by atoms with Crippen molar-refractivity contribution in [2.24, 2.45) is 0 Å². The number of nitrogens with one attached hydrogen (secondary N) is 1. The van der Waals surface area contributed by atoms with Gasteiger partial charge in [0, 0.05) is 6.61 Å². The van der Waals surface area contributed by atoms with Crippen molar-refractivity contribution in [3.8, 4) is 6.07 Å². The number of imidazole rings is 1. The maximum Gasteiger partial charge on any atom is 0.103 e. The highest BCUT2D eigenvalue weighted by atomic mass is 16.5. The lowest BCUT2D eigenvalue weighted by Crippen LogP contribution is -1.99. The topological polar surface area (TPSA) is 61.7 Å². The van der Waals surface area contributed by atoms with Crippen molar-refractivity contribution in [1.82, 2.24) is 9.97 Å². The van der Waals surface area contributed by atoms with Crippen molar-refractivity contribution in [1.29, 1.82) is 5.26 Å². The van der Waals surface area contributed by atoms with Gasteiger partial charge in [0.1, 0.15) is 5.82 Å². The highest BCUT2D eigenvalue weighted by Crippen LogP contribution is 2.17. The van der Waals surface area contributed by atoms with Crippen LogP contribution in [0.5, 0.6) is 0 Å². The molecule has 1 rings (SSSR count). The first-order valence-corrected chi connectivity index (χ1v) is 4.71. The van der Waals surface area contributed by atoms with Crippen molar-refractivity contribution in [3.63, 3.8) is 0 Å². The monoisotopic (exact) mass is 193 g/mol. The Hall–Kier alpha value is -1.34. The Morgan fingerprint density at radius 3 is 2.93 bits per heavy atom. The molecule has 1 heterocycles. The molecular formula is C10H15N3O. The predicted octanol–water partition coefficient (Wildman–Crippen LogP) is 1.88. The number of hydrogen-bond acceptors (Lipinski definition) is 3. The molecule has 1 N–H and O–H groups in total. The third-order valence-corrected chi connectivity index (χ3v) is 1.98. The van der Waals surface area contributed by atoms with Crippen molar-refractivity contribution in [3.05, 3.63) is 17.2 Å². The van der Waals surface area contributed by atoms with E-state index in [1.807, 2.05) is 20.8 Å². The van der Waals surface area contributed by atoms with Crippen LogP contribution in [0.3, 0.4) is 0 Å². The van der Waals surface area contributed by atoms with Gasteiger partial charge in [-0.3, -0.25) is 0 Å². The lowest BCUT2D eigenvalue weighted by Gasteiger charge is -2.03. The molecule has 0 aliphatic rings. The Labute approximate surface area is 83.9 Å². The fourth-order valence-corrected chi connectivity index (χ4v) is 1.29. The van der Waals surface area contributed by atoms with Gasteiger partial charge in [0.15, 0.2) is 0 Å². The summed E-state index contributed by atoms with van der Waals surface area (Å²) in [5.41, 5.74) is 1.72. The van der Waals surface area contributed by atoms with Crippen molar-refractivity contribution >= 4 is 0 Å². The lowest BCUT2D eigenvalue weighted by atomic mass is 10.1. The molecule has 0 amide bonds. The van der Waals surface area contributed by atoms with E-state index < -0.39 is 0 Å². The number of hydrogen-bond donors (Lipinski definition) is 1. The summed E-state index contributed by atoms with van der Waals surface area (Å²) < 4.78 is 5.29. The second-order valence-corrected chi connectivity index (χ2v) is 3.17. The number of rotatable bonds is 4. The number of ether oxygens (including phenoxy) is 1. The molecule has 0 fully saturated rings. The van der Waals surface area contributed by atoms with E-state index in [2.05, 4.69) is 16.0 Å². The van der Waals surface area contributed by atoms with Gasteiger partial charge in [-0.25, -0.2) is 4.98 Å². The fourth-order valence-electron chi connectivity index (χ4n) is 1.29. The van der Waals surface area contributed by atoms with Crippen molar-refractivity contribution < 1.29 is 4.74 Å². The van der Waals surface area contributed by atoms with Crippen LogP contribution in [-0.4, -0.2) is 16.6 Å². The van der Waals surface area contributed by atoms with Gasteiger partial charge in [0.25, 0.3) is 0 Å². The van der Waals surface area contributed by atoms with E-state index in [9.17, 15) is 0 Å². The van der Waals surface area contributed by atoms with E-state index in [1.54, 1.807) is 0 Å². The van der Waals surface area contributed by atoms with E-state index in [1.165, 1.54) is 0 Å². The summed E-state index contributed by atoms with van der Waals surface area (Å²) in [6, 6.07) is 2.17. The van der Waals surface area contributed by atoms with E-state index in [-0.39, 0.29) is 5.92 Å². The standard InChI is InChI=1S/C10H15N3O/c1-4-14-6-9-10(7(2)5-11)13-8(3)12-9/h7H,4,6H2,1-3H3,(H,12,13). The average Bonchev–Trinajstić information content (AvgIpc) is 2.55. The first-order valence-electron chi connectivity index (χ1n) is 4.71. The van der Waals surface area contributed by atoms with Gasteiger partial charge in [0.05, 0.1) is 30.0 Å². The minimum atomic E-state index is -0.185. The van der Waals surface area contributed by atoms with Crippen LogP contribution < -0.4 is 0 Å². The zero-order valence-electron chi connectivity index (χ0n) is 8.79. The highest BCUT2D eigenvalue weighted by molar-refractivity contribution is 5.22. The molecule has 0 bridgehead atoms. The van der Waals surface area contributed by atoms with Gasteiger partial charge in [-0.2, -0.15) is 5.26 Å². The zero-order valence-corrected chi connectivity index (χ0v) is 8.79. The Morgan fingerprint density at radius 1 is 1.64 bits per heavy atom. The highest BCUT2D eigenvalue weighted by Gasteiger charge is 2.14. The third-order valence-electron chi connectivity index (χ3n) is 1.98. The lowest BCUT2D eigenvalue weighted by molar-refractivity contribution is 0.131. The quantitative estimate of drug-likeness (QED) is 0.794. The molecule has 4 nitrogen and oxygen atoms in total. The molecule has 1 unspecified atom stereocenters. The van der Waals surface area contributed by atoms with Crippen LogP contribution in [0.4, 0.5) is 0 Å². The summed E-state index contributed by atoms with van der Waals surface area (Å²) in [4.78, 5) is 7.38. The predicted molar refractivity (Wildman–Crippen MR) is 52.7 cm³/mol. The van der Waals surface area contributed by atoms with Gasteiger partial charge in [0.2, 0.25) is 0 Å². The zero-order chi connectivity index (χ0) is 10.6. The van der Waals surface area contributed by atoms with Crippen LogP contribution in [0.15, 0.2) is 0 Å². The Morgan fingerprint density at radius 2 is 2.36 bits per heavy atom. The molecule has 0 aliphatic carbocycles. The van der Waals surface area contributed by atoms with Crippen LogP contribution in [0.25, 0.3) is 0 Å². The number of nitrogens with zero attached hydrogens (tertiary/aromatic N) is 2. The molecule has 1 aromatic rings. The van der Waals surface area contributed by atoms with Crippen LogP contribution in [0.1, 0.15) is 37.0 Å². The van der Waals surface area contributed by atoms with Crippen LogP contribution in [0.2, 0.25) is 0 Å². The number of H-pyrrole nitrogens is 1. The molecule has 0 radical (unpaired) electrons. The average molecular weight is 193 g/mol. The normalized spacial score (nSPS) is 12.4. The van der Waals surface area contributed by atoms with Gasteiger partial charge in [-0.15, -0.1) is 0 Å². The minimum absolute atomic E-state index is 0.185. The Balaban J connectivity index is 2.86. The molecule has 0 spiro atoms. The fraction of sp³-hybridized carbons (Fsp3) is 0.600. The van der Waals surface area contributed by atoms with Gasteiger partial charge in [-0.1, -0.05) is 0 Å². The van der Waals surface area contributed by atoms with Gasteiger partial charge < -0.3 is 9.72 Å². The van der Waals surface area contributed by atoms with Gasteiger partial charge >= 0.3 is 0 Å². The Bertz CT molecular complexity index is 338. The number of aryl methyl sites for hydroxylation is 1. The van der Waals surface area contributed by atoms with E-state index in [4.69, 9.17) is 10.00 Å². The maximum atomic E-state index is 8.80. The number of nitriles is 1. The molecule has 14 heavy (non-hydrogen) atoms. The van der Waals surface area contributed by atoms with Crippen LogP contribution >= 0.6 is 0 Å². The summed E-state index contributed by atoms with van der Waals surface area (Å²) in [5, 5.41) is 8.80. The summed E-state index contributed by atoms with van der Waals surface area (Å²) in [6.07, 6.45) is 0. The molecule has 1 atom stereocenters. The largest absolute Gasteiger partial charge is 0.375 e. The smallest absolute Gasteiger partial charge is 0.103 e. The van der Waals surface area contributed by atoms with Crippen LogP contribution in [-0.2, 0) is 11.3 Å². The molecule has 4 heteroatoms. The molecule has 0 saturated carbocycles. The summed E-state index contributed by atoms with van der Waals surface area (Å²) in [7, 11) is 0. The van der Waals surface area contributed by atoms with Crippen LogP contribution in [0, 0.1) is 18.3 Å². The third kappa shape index (κ3) is 2.33. The first kappa shape index (κ1) is 10.7. The maximum absolute atomic E-state index is 8.80. The molecule has 0 aliphatic heterocycles. The van der Waals surface area contributed by atoms with E-state index in [0.717, 1.165) is 17.2 Å². The van der Waals surface area contributed by atoms with Gasteiger partial charge in [-0.05, 0) is 20.8 Å². The SMILES string of the molecule is CCOCc1[nH]c(C)nc1C(C)C#N. The number of aromatic nitrogens is 2. The summed E-state index contributed by atoms with van der Waals surface area (Å²) >= 11 is 0. The summed E-state index contributed by atoms with van der Waals surface area (Å²) in [6.45, 7) is 6.82. The second kappa shape index (κ2) is 4.77. The molecular weight excluding hydrogens is 178 g/mol. The van der Waals surface area contributed by atoms with Crippen molar-refractivity contribution in [2.45, 2.75) is 33.3 Å². The minimum Gasteiger partial charge on any atom is -0.375 e. The first-order chi connectivity index (χ1) is 6.69. The van der Waals surface area contributed by atoms with E-state index >= 15 is 0 Å².